The van der Waals surface area contributed by atoms with Crippen molar-refractivity contribution in [2.24, 2.45) is 0 Å². The summed E-state index contributed by atoms with van der Waals surface area (Å²) in [5.41, 5.74) is 1.97. The Labute approximate surface area is 197 Å². The Kier molecular flexibility index (Phi) is 5.93. The van der Waals surface area contributed by atoms with Crippen LogP contribution in [0.15, 0.2) is 87.3 Å². The van der Waals surface area contributed by atoms with Gasteiger partial charge in [-0.1, -0.05) is 64.9 Å². The number of hydrogen-bond acceptors (Lipinski definition) is 6. The zero-order chi connectivity index (χ0) is 22.8. The fourth-order valence-electron chi connectivity index (χ4n) is 3.35. The number of para-hydroxylation sites is 1. The first-order valence-corrected chi connectivity index (χ1v) is 11.4. The van der Waals surface area contributed by atoms with E-state index in [-0.39, 0.29) is 17.9 Å². The van der Waals surface area contributed by atoms with Crippen molar-refractivity contribution >= 4 is 34.3 Å². The molecule has 5 aromatic rings. The largest absolute Gasteiger partial charge is 0.338 e. The molecule has 2 aromatic heterocycles. The lowest BCUT2D eigenvalue weighted by atomic mass is 10.2. The maximum atomic E-state index is 13.3. The van der Waals surface area contributed by atoms with E-state index < -0.39 is 0 Å². The van der Waals surface area contributed by atoms with Crippen molar-refractivity contribution in [3.63, 3.8) is 0 Å². The molecule has 0 aliphatic carbocycles. The number of rotatable bonds is 6. The highest BCUT2D eigenvalue weighted by atomic mass is 35.5. The molecule has 0 fully saturated rings. The maximum absolute atomic E-state index is 13.3. The molecule has 0 radical (unpaired) electrons. The predicted molar refractivity (Wildman–Crippen MR) is 126 cm³/mol. The van der Waals surface area contributed by atoms with Crippen LogP contribution >= 0.6 is 23.4 Å². The number of halogens is 2. The Balaban J connectivity index is 1.46. The first-order chi connectivity index (χ1) is 16.1. The van der Waals surface area contributed by atoms with Gasteiger partial charge in [0.25, 0.3) is 5.56 Å². The van der Waals surface area contributed by atoms with Crippen LogP contribution in [0, 0.1) is 5.82 Å². The minimum Gasteiger partial charge on any atom is -0.338 e. The van der Waals surface area contributed by atoms with Gasteiger partial charge >= 0.3 is 0 Å². The van der Waals surface area contributed by atoms with E-state index in [0.717, 1.165) is 11.1 Å². The van der Waals surface area contributed by atoms with Gasteiger partial charge in [-0.05, 0) is 42.0 Å². The monoisotopic (exact) mass is 478 g/mol. The lowest BCUT2D eigenvalue weighted by Gasteiger charge is -2.12. The molecular weight excluding hydrogens is 463 g/mol. The zero-order valence-electron chi connectivity index (χ0n) is 17.1. The first-order valence-electron chi connectivity index (χ1n) is 10.0. The van der Waals surface area contributed by atoms with Crippen molar-refractivity contribution in [2.75, 3.05) is 0 Å². The van der Waals surface area contributed by atoms with Gasteiger partial charge in [0, 0.05) is 10.6 Å². The third-order valence-corrected chi connectivity index (χ3v) is 6.15. The molecule has 0 saturated heterocycles. The molecule has 0 aliphatic rings. The van der Waals surface area contributed by atoms with E-state index in [9.17, 15) is 9.18 Å². The summed E-state index contributed by atoms with van der Waals surface area (Å²) in [7, 11) is 0. The first kappa shape index (κ1) is 21.4. The summed E-state index contributed by atoms with van der Waals surface area (Å²) in [6.07, 6.45) is 0. The van der Waals surface area contributed by atoms with Gasteiger partial charge in [0.15, 0.2) is 5.16 Å². The Bertz CT molecular complexity index is 1500. The molecule has 5 rings (SSSR count). The maximum Gasteiger partial charge on any atom is 0.262 e. The van der Waals surface area contributed by atoms with E-state index in [4.69, 9.17) is 16.1 Å². The SMILES string of the molecule is O=c1c2ccccc2nc(SCc2nc(-c3cccc(Cl)c3)no2)n1Cc1ccc(F)cc1. The van der Waals surface area contributed by atoms with Crippen molar-refractivity contribution < 1.29 is 8.91 Å². The fraction of sp³-hybridized carbons (Fsp3) is 0.0833. The van der Waals surface area contributed by atoms with Crippen molar-refractivity contribution in [1.82, 2.24) is 19.7 Å². The van der Waals surface area contributed by atoms with E-state index in [2.05, 4.69) is 15.1 Å². The fourth-order valence-corrected chi connectivity index (χ4v) is 4.38. The summed E-state index contributed by atoms with van der Waals surface area (Å²) in [6.45, 7) is 0.261. The minimum absolute atomic E-state index is 0.169. The molecular formula is C24H16ClFN4O2S. The second kappa shape index (κ2) is 9.17. The van der Waals surface area contributed by atoms with Gasteiger partial charge in [-0.2, -0.15) is 4.98 Å². The van der Waals surface area contributed by atoms with E-state index in [1.54, 1.807) is 47.0 Å². The van der Waals surface area contributed by atoms with Crippen molar-refractivity contribution in [1.29, 1.82) is 0 Å². The van der Waals surface area contributed by atoms with Crippen molar-refractivity contribution in [3.8, 4) is 11.4 Å². The Morgan fingerprint density at radius 1 is 1.00 bits per heavy atom. The number of thioether (sulfide) groups is 1. The molecule has 0 amide bonds. The van der Waals surface area contributed by atoms with Crippen LogP contribution in [0.2, 0.25) is 5.02 Å². The molecule has 0 unspecified atom stereocenters. The molecule has 0 N–H and O–H groups in total. The summed E-state index contributed by atoms with van der Waals surface area (Å²) in [5, 5.41) is 5.63. The van der Waals surface area contributed by atoms with Gasteiger partial charge in [-0.25, -0.2) is 9.37 Å². The van der Waals surface area contributed by atoms with Gasteiger partial charge in [0.2, 0.25) is 11.7 Å². The van der Waals surface area contributed by atoms with Crippen LogP contribution in [0.5, 0.6) is 0 Å². The van der Waals surface area contributed by atoms with Gasteiger partial charge in [0.1, 0.15) is 5.82 Å². The highest BCUT2D eigenvalue weighted by molar-refractivity contribution is 7.98. The van der Waals surface area contributed by atoms with E-state index in [0.29, 0.717) is 38.5 Å². The van der Waals surface area contributed by atoms with Gasteiger partial charge < -0.3 is 4.52 Å². The molecule has 2 heterocycles. The average Bonchev–Trinajstić information content (AvgIpc) is 3.30. The summed E-state index contributed by atoms with van der Waals surface area (Å²) < 4.78 is 20.3. The Morgan fingerprint density at radius 3 is 2.64 bits per heavy atom. The number of nitrogens with zero attached hydrogens (tertiary/aromatic N) is 4. The molecule has 33 heavy (non-hydrogen) atoms. The number of benzene rings is 3. The number of aromatic nitrogens is 4. The predicted octanol–water partition coefficient (Wildman–Crippen LogP) is 5.58. The molecule has 0 spiro atoms. The Hall–Kier alpha value is -3.49. The third-order valence-electron chi connectivity index (χ3n) is 4.96. The summed E-state index contributed by atoms with van der Waals surface area (Å²) in [4.78, 5) is 22.3. The summed E-state index contributed by atoms with van der Waals surface area (Å²) in [6, 6.07) is 20.4. The van der Waals surface area contributed by atoms with Crippen molar-refractivity contribution in [2.45, 2.75) is 17.5 Å². The molecule has 0 saturated carbocycles. The zero-order valence-corrected chi connectivity index (χ0v) is 18.7. The van der Waals surface area contributed by atoms with Crippen LogP contribution in [0.1, 0.15) is 11.5 Å². The Morgan fingerprint density at radius 2 is 1.82 bits per heavy atom. The van der Waals surface area contributed by atoms with Gasteiger partial charge in [-0.3, -0.25) is 9.36 Å². The lowest BCUT2D eigenvalue weighted by molar-refractivity contribution is 0.391. The highest BCUT2D eigenvalue weighted by Gasteiger charge is 2.15. The minimum atomic E-state index is -0.329. The van der Waals surface area contributed by atoms with Crippen LogP contribution in [0.3, 0.4) is 0 Å². The smallest absolute Gasteiger partial charge is 0.262 e. The van der Waals surface area contributed by atoms with Crippen LogP contribution in [0.4, 0.5) is 4.39 Å². The highest BCUT2D eigenvalue weighted by Crippen LogP contribution is 2.25. The molecule has 0 aliphatic heterocycles. The molecule has 3 aromatic carbocycles. The molecule has 9 heteroatoms. The van der Waals surface area contributed by atoms with E-state index in [1.807, 2.05) is 18.2 Å². The standard InChI is InChI=1S/C24H16ClFN4O2S/c25-17-5-3-4-16(12-17)22-28-21(32-29-22)14-33-24-27-20-7-2-1-6-19(20)23(31)30(24)13-15-8-10-18(26)11-9-15/h1-12H,13-14H2. The lowest BCUT2D eigenvalue weighted by Crippen LogP contribution is -2.24. The van der Waals surface area contributed by atoms with Crippen LogP contribution in [0.25, 0.3) is 22.3 Å². The molecule has 164 valence electrons. The van der Waals surface area contributed by atoms with E-state index >= 15 is 0 Å². The summed E-state index contributed by atoms with van der Waals surface area (Å²) in [5.74, 6) is 0.820. The second-order valence-corrected chi connectivity index (χ2v) is 8.62. The van der Waals surface area contributed by atoms with Gasteiger partial charge in [0.05, 0.1) is 23.2 Å². The normalized spacial score (nSPS) is 11.2. The van der Waals surface area contributed by atoms with Crippen LogP contribution in [-0.4, -0.2) is 19.7 Å². The molecule has 6 nitrogen and oxygen atoms in total. The van der Waals surface area contributed by atoms with Crippen LogP contribution in [-0.2, 0) is 12.3 Å². The second-order valence-electron chi connectivity index (χ2n) is 7.24. The average molecular weight is 479 g/mol. The summed E-state index contributed by atoms with van der Waals surface area (Å²) >= 11 is 7.36. The molecule has 0 atom stereocenters. The van der Waals surface area contributed by atoms with Crippen LogP contribution < -0.4 is 5.56 Å². The quantitative estimate of drug-likeness (QED) is 0.234. The third kappa shape index (κ3) is 4.67. The topological polar surface area (TPSA) is 73.8 Å². The number of hydrogen-bond donors (Lipinski definition) is 0. The molecule has 0 bridgehead atoms. The van der Waals surface area contributed by atoms with Gasteiger partial charge in [-0.15, -0.1) is 0 Å². The van der Waals surface area contributed by atoms with E-state index in [1.165, 1.54) is 23.9 Å². The van der Waals surface area contributed by atoms with Crippen molar-refractivity contribution in [3.05, 3.63) is 105 Å². The number of fused-ring (bicyclic) bond motifs is 1.